The van der Waals surface area contributed by atoms with Gasteiger partial charge in [-0.1, -0.05) is 24.3 Å². The maximum Gasteiger partial charge on any atom is 0.408 e. The highest BCUT2D eigenvalue weighted by molar-refractivity contribution is 5.90. The van der Waals surface area contributed by atoms with Crippen molar-refractivity contribution in [3.63, 3.8) is 0 Å². The lowest BCUT2D eigenvalue weighted by Gasteiger charge is -2.19. The summed E-state index contributed by atoms with van der Waals surface area (Å²) in [7, 11) is 0. The van der Waals surface area contributed by atoms with Crippen molar-refractivity contribution in [1.29, 1.82) is 0 Å². The van der Waals surface area contributed by atoms with Gasteiger partial charge in [0, 0.05) is 5.56 Å². The number of rotatable bonds is 6. The molecule has 7 nitrogen and oxygen atoms in total. The van der Waals surface area contributed by atoms with E-state index in [4.69, 9.17) is 9.15 Å². The highest BCUT2D eigenvalue weighted by Crippen LogP contribution is 2.21. The van der Waals surface area contributed by atoms with Gasteiger partial charge in [0.15, 0.2) is 24.0 Å². The van der Waals surface area contributed by atoms with Gasteiger partial charge in [0.05, 0.1) is 25.3 Å². The topological polar surface area (TPSA) is 93.5 Å². The summed E-state index contributed by atoms with van der Waals surface area (Å²) in [6, 6.07) is 7.04. The van der Waals surface area contributed by atoms with E-state index >= 15 is 0 Å². The number of carbonyl (C=O) groups excluding carboxylic acids is 2. The number of ketones is 1. The third-order valence-corrected chi connectivity index (χ3v) is 3.98. The van der Waals surface area contributed by atoms with Crippen LogP contribution in [0.1, 0.15) is 5.56 Å². The molecule has 0 radical (unpaired) electrons. The molecule has 26 heavy (non-hydrogen) atoms. The molecule has 0 spiro atoms. The number of benzene rings is 1. The number of amides is 1. The fourth-order valence-electron chi connectivity index (χ4n) is 2.73. The van der Waals surface area contributed by atoms with Crippen molar-refractivity contribution in [3.8, 4) is 11.3 Å². The van der Waals surface area contributed by atoms with Crippen LogP contribution < -0.4 is 10.6 Å². The van der Waals surface area contributed by atoms with E-state index in [9.17, 15) is 18.4 Å². The second-order valence-electron chi connectivity index (χ2n) is 5.82. The van der Waals surface area contributed by atoms with Gasteiger partial charge in [-0.3, -0.25) is 4.79 Å². The summed E-state index contributed by atoms with van der Waals surface area (Å²) in [5, 5.41) is 4.92. The van der Waals surface area contributed by atoms with Crippen LogP contribution >= 0.6 is 0 Å². The van der Waals surface area contributed by atoms with E-state index in [-0.39, 0.29) is 12.3 Å². The van der Waals surface area contributed by atoms with E-state index in [1.165, 1.54) is 6.39 Å². The van der Waals surface area contributed by atoms with Crippen LogP contribution in [0, 0.1) is 0 Å². The fraction of sp³-hybridized carbons (Fsp3) is 0.353. The Kier molecular flexibility index (Phi) is 5.57. The number of carbonyl (C=O) groups is 2. The number of nitrogens with one attached hydrogen (secondary N) is 2. The lowest BCUT2D eigenvalue weighted by Crippen LogP contribution is -2.41. The maximum atomic E-state index is 12.1. The molecule has 0 saturated carbocycles. The Labute approximate surface area is 147 Å². The summed E-state index contributed by atoms with van der Waals surface area (Å²) in [6.07, 6.45) is -1.33. The molecule has 1 saturated heterocycles. The van der Waals surface area contributed by atoms with Gasteiger partial charge < -0.3 is 19.8 Å². The van der Waals surface area contributed by atoms with Gasteiger partial charge in [0.2, 0.25) is 0 Å². The number of alkyl carbamates (subject to hydrolysis) is 1. The first-order valence-electron chi connectivity index (χ1n) is 7.99. The van der Waals surface area contributed by atoms with E-state index in [1.807, 2.05) is 29.6 Å². The lowest BCUT2D eigenvalue weighted by molar-refractivity contribution is -0.123. The normalized spacial score (nSPS) is 19.7. The maximum absolute atomic E-state index is 12.1. The van der Waals surface area contributed by atoms with Gasteiger partial charge in [-0.2, -0.15) is 0 Å². The second-order valence-corrected chi connectivity index (χ2v) is 5.82. The number of oxazole rings is 1. The van der Waals surface area contributed by atoms with Crippen LogP contribution in [0.5, 0.6) is 0 Å². The summed E-state index contributed by atoms with van der Waals surface area (Å²) in [4.78, 5) is 27.3. The molecule has 0 aliphatic carbocycles. The number of nitrogens with zero attached hydrogens (tertiary/aromatic N) is 1. The van der Waals surface area contributed by atoms with Gasteiger partial charge in [-0.15, -0.1) is 0 Å². The van der Waals surface area contributed by atoms with Gasteiger partial charge >= 0.3 is 6.09 Å². The summed E-state index contributed by atoms with van der Waals surface area (Å²) in [5.74, 6) is 0.350. The van der Waals surface area contributed by atoms with Crippen LogP contribution in [-0.2, 0) is 16.0 Å². The molecule has 2 heterocycles. The zero-order chi connectivity index (χ0) is 18.5. The molecule has 1 amide bonds. The van der Waals surface area contributed by atoms with Crippen LogP contribution in [0.3, 0.4) is 0 Å². The van der Waals surface area contributed by atoms with Gasteiger partial charge in [-0.25, -0.2) is 18.6 Å². The summed E-state index contributed by atoms with van der Waals surface area (Å²) in [5.41, 5.74) is 1.78. The molecule has 0 bridgehead atoms. The molecular formula is C17H17F2N3O4. The predicted molar refractivity (Wildman–Crippen MR) is 86.7 cm³/mol. The molecule has 1 fully saturated rings. The first-order chi connectivity index (χ1) is 12.5. The van der Waals surface area contributed by atoms with Crippen molar-refractivity contribution in [1.82, 2.24) is 15.6 Å². The van der Waals surface area contributed by atoms with Crippen LogP contribution in [0.4, 0.5) is 13.6 Å². The molecule has 2 atom stereocenters. The molecule has 1 aromatic carbocycles. The molecule has 138 valence electrons. The lowest BCUT2D eigenvalue weighted by atomic mass is 10.0. The van der Waals surface area contributed by atoms with E-state index in [2.05, 4.69) is 10.3 Å². The number of ether oxygens (including phenoxy) is 1. The minimum atomic E-state index is -2.68. The Hall–Kier alpha value is -2.81. The Balaban J connectivity index is 1.60. The number of halogens is 2. The predicted octanol–water partition coefficient (Wildman–Crippen LogP) is 1.78. The third kappa shape index (κ3) is 4.42. The average Bonchev–Trinajstić information content (AvgIpc) is 3.26. The SMILES string of the molecule is O=C(NCC(F)F)O[C@@H]1C(=O)CN[C@@H]1Cc1ccc(-c2cnco2)cc1. The fourth-order valence-corrected chi connectivity index (χ4v) is 2.73. The van der Waals surface area contributed by atoms with Crippen LogP contribution in [-0.4, -0.2) is 48.5 Å². The number of hydrogen-bond donors (Lipinski definition) is 2. The summed E-state index contributed by atoms with van der Waals surface area (Å²) in [6.45, 7) is -0.755. The van der Waals surface area contributed by atoms with Crippen molar-refractivity contribution in [3.05, 3.63) is 42.4 Å². The molecule has 1 aliphatic heterocycles. The molecular weight excluding hydrogens is 348 g/mol. The van der Waals surface area contributed by atoms with Gasteiger partial charge in [0.25, 0.3) is 6.43 Å². The van der Waals surface area contributed by atoms with Crippen LogP contribution in [0.25, 0.3) is 11.3 Å². The van der Waals surface area contributed by atoms with Gasteiger partial charge in [0.1, 0.15) is 0 Å². The first-order valence-corrected chi connectivity index (χ1v) is 7.99. The van der Waals surface area contributed by atoms with Crippen LogP contribution in [0.15, 0.2) is 41.3 Å². The monoisotopic (exact) mass is 365 g/mol. The Morgan fingerprint density at radius 2 is 2.15 bits per heavy atom. The smallest absolute Gasteiger partial charge is 0.408 e. The Morgan fingerprint density at radius 3 is 2.81 bits per heavy atom. The Morgan fingerprint density at radius 1 is 1.38 bits per heavy atom. The summed E-state index contributed by atoms with van der Waals surface area (Å²) < 4.78 is 34.5. The molecule has 2 N–H and O–H groups in total. The average molecular weight is 365 g/mol. The molecule has 2 aromatic rings. The standard InChI is InChI=1S/C17H17F2N3O4/c18-15(19)8-22-17(24)26-16-12(21-6-13(16)23)5-10-1-3-11(4-2-10)14-7-20-9-25-14/h1-4,7,9,12,15-16,21H,5-6,8H2,(H,22,24)/t12-,16+/m1/s1. The number of alkyl halides is 2. The highest BCUT2D eigenvalue weighted by Gasteiger charge is 2.37. The number of Topliss-reactive ketones (excluding diaryl/α,β-unsaturated/α-hetero) is 1. The minimum Gasteiger partial charge on any atom is -0.444 e. The summed E-state index contributed by atoms with van der Waals surface area (Å²) >= 11 is 0. The Bertz CT molecular complexity index is 750. The first kappa shape index (κ1) is 18.0. The van der Waals surface area contributed by atoms with E-state index in [1.54, 1.807) is 6.20 Å². The number of hydrogen-bond acceptors (Lipinski definition) is 6. The third-order valence-electron chi connectivity index (χ3n) is 3.98. The molecule has 3 rings (SSSR count). The minimum absolute atomic E-state index is 0.0631. The van der Waals surface area contributed by atoms with Crippen molar-refractivity contribution >= 4 is 11.9 Å². The van der Waals surface area contributed by atoms with Crippen molar-refractivity contribution in [2.45, 2.75) is 25.0 Å². The molecule has 0 unspecified atom stereocenters. The second kappa shape index (κ2) is 8.05. The van der Waals surface area contributed by atoms with Crippen molar-refractivity contribution in [2.75, 3.05) is 13.1 Å². The molecule has 1 aliphatic rings. The quantitative estimate of drug-likeness (QED) is 0.811. The number of aromatic nitrogens is 1. The molecule has 9 heteroatoms. The van der Waals surface area contributed by atoms with Crippen molar-refractivity contribution < 1.29 is 27.5 Å². The zero-order valence-corrected chi connectivity index (χ0v) is 13.7. The molecule has 1 aromatic heterocycles. The van der Waals surface area contributed by atoms with E-state index < -0.39 is 31.2 Å². The largest absolute Gasteiger partial charge is 0.444 e. The van der Waals surface area contributed by atoms with E-state index in [0.717, 1.165) is 11.1 Å². The van der Waals surface area contributed by atoms with Gasteiger partial charge in [-0.05, 0) is 12.0 Å². The van der Waals surface area contributed by atoms with Crippen LogP contribution in [0.2, 0.25) is 0 Å². The zero-order valence-electron chi connectivity index (χ0n) is 13.7. The highest BCUT2D eigenvalue weighted by atomic mass is 19.3. The van der Waals surface area contributed by atoms with Crippen molar-refractivity contribution in [2.24, 2.45) is 0 Å². The van der Waals surface area contributed by atoms with E-state index in [0.29, 0.717) is 12.2 Å².